The molecule has 1 amide bonds. The summed E-state index contributed by atoms with van der Waals surface area (Å²) in [4.78, 5) is 25.7. The number of amides is 1. The quantitative estimate of drug-likeness (QED) is 0.765. The number of piperidine rings is 1. The van der Waals surface area contributed by atoms with Crippen molar-refractivity contribution in [2.45, 2.75) is 57.0 Å². The average Bonchev–Trinajstić information content (AvgIpc) is 3.10. The number of anilines is 1. The van der Waals surface area contributed by atoms with Crippen LogP contribution < -0.4 is 5.32 Å². The van der Waals surface area contributed by atoms with Gasteiger partial charge in [0.25, 0.3) is 5.92 Å². The summed E-state index contributed by atoms with van der Waals surface area (Å²) in [5.74, 6) is -2.64. The highest BCUT2D eigenvalue weighted by Gasteiger charge is 2.58. The van der Waals surface area contributed by atoms with Gasteiger partial charge in [-0.3, -0.25) is 4.79 Å². The van der Waals surface area contributed by atoms with E-state index in [1.54, 1.807) is 6.20 Å². The number of aromatic amines is 1. The number of H-pyrrole nitrogens is 1. The molecule has 1 aliphatic heterocycles. The molecule has 2 aromatic heterocycles. The van der Waals surface area contributed by atoms with Crippen molar-refractivity contribution in [3.05, 3.63) is 30.7 Å². The molecular formula is C20H25F2N5O. The highest BCUT2D eigenvalue weighted by molar-refractivity contribution is 5.91. The number of nitrogens with one attached hydrogen (secondary N) is 2. The van der Waals surface area contributed by atoms with Crippen LogP contribution in [-0.4, -0.2) is 50.3 Å². The lowest BCUT2D eigenvalue weighted by molar-refractivity contribution is -0.130. The number of aromatic nitrogens is 3. The van der Waals surface area contributed by atoms with E-state index >= 15 is 0 Å². The molecule has 150 valence electrons. The second-order valence-corrected chi connectivity index (χ2v) is 8.13. The molecule has 6 nitrogen and oxygen atoms in total. The fourth-order valence-electron chi connectivity index (χ4n) is 4.29. The first-order valence-electron chi connectivity index (χ1n) is 9.71. The van der Waals surface area contributed by atoms with Crippen LogP contribution in [0, 0.1) is 5.92 Å². The van der Waals surface area contributed by atoms with E-state index < -0.39 is 11.8 Å². The van der Waals surface area contributed by atoms with Crippen LogP contribution in [0.3, 0.4) is 0 Å². The third-order valence-corrected chi connectivity index (χ3v) is 5.90. The Labute approximate surface area is 162 Å². The van der Waals surface area contributed by atoms with Gasteiger partial charge in [-0.15, -0.1) is 0 Å². The van der Waals surface area contributed by atoms with Gasteiger partial charge in [0.2, 0.25) is 5.91 Å². The first kappa shape index (κ1) is 18.8. The Hall–Kier alpha value is -2.51. The van der Waals surface area contributed by atoms with Gasteiger partial charge in [0, 0.05) is 31.2 Å². The number of halogens is 2. The van der Waals surface area contributed by atoms with E-state index in [4.69, 9.17) is 0 Å². The maximum absolute atomic E-state index is 13.6. The predicted octanol–water partition coefficient (Wildman–Crippen LogP) is 3.69. The summed E-state index contributed by atoms with van der Waals surface area (Å²) in [6.45, 7) is 8.36. The summed E-state index contributed by atoms with van der Waals surface area (Å²) < 4.78 is 27.3. The second kappa shape index (κ2) is 6.83. The summed E-state index contributed by atoms with van der Waals surface area (Å²) in [6, 6.07) is 0.154. The van der Waals surface area contributed by atoms with Crippen LogP contribution in [0.15, 0.2) is 25.2 Å². The minimum atomic E-state index is -2.66. The SMILES string of the molecule is C=CC(=O)N1C[C@H](Nc2ncnc3[nH]cc([C@@H]4CC4(F)F)c23)CC[C@@H]1C(C)C. The Morgan fingerprint density at radius 3 is 2.82 bits per heavy atom. The van der Waals surface area contributed by atoms with Gasteiger partial charge in [-0.2, -0.15) is 0 Å². The molecular weight excluding hydrogens is 364 g/mol. The van der Waals surface area contributed by atoms with Crippen molar-refractivity contribution in [3.8, 4) is 0 Å². The number of fused-ring (bicyclic) bond motifs is 1. The zero-order valence-corrected chi connectivity index (χ0v) is 16.1. The fraction of sp³-hybridized carbons (Fsp3) is 0.550. The molecule has 3 heterocycles. The molecule has 8 heteroatoms. The van der Waals surface area contributed by atoms with Crippen LogP contribution in [0.25, 0.3) is 11.0 Å². The van der Waals surface area contributed by atoms with Crippen LogP contribution in [0.4, 0.5) is 14.6 Å². The average molecular weight is 389 g/mol. The van der Waals surface area contributed by atoms with Crippen LogP contribution >= 0.6 is 0 Å². The lowest BCUT2D eigenvalue weighted by Gasteiger charge is -2.41. The summed E-state index contributed by atoms with van der Waals surface area (Å²) in [5, 5.41) is 4.01. The summed E-state index contributed by atoms with van der Waals surface area (Å²) in [7, 11) is 0. The normalized spacial score (nSPS) is 26.5. The van der Waals surface area contributed by atoms with Gasteiger partial charge < -0.3 is 15.2 Å². The monoisotopic (exact) mass is 389 g/mol. The first-order chi connectivity index (χ1) is 13.3. The van der Waals surface area contributed by atoms with E-state index in [0.29, 0.717) is 34.9 Å². The Morgan fingerprint density at radius 1 is 1.43 bits per heavy atom. The van der Waals surface area contributed by atoms with Crippen LogP contribution in [0.2, 0.25) is 0 Å². The van der Waals surface area contributed by atoms with Gasteiger partial charge in [-0.1, -0.05) is 20.4 Å². The Kier molecular flexibility index (Phi) is 4.59. The molecule has 0 spiro atoms. The van der Waals surface area contributed by atoms with Crippen LogP contribution in [-0.2, 0) is 4.79 Å². The number of rotatable bonds is 5. The van der Waals surface area contributed by atoms with Gasteiger partial charge in [0.1, 0.15) is 17.8 Å². The number of hydrogen-bond acceptors (Lipinski definition) is 4. The van der Waals surface area contributed by atoms with Gasteiger partial charge in [0.05, 0.1) is 11.3 Å². The predicted molar refractivity (Wildman–Crippen MR) is 103 cm³/mol. The van der Waals surface area contributed by atoms with Gasteiger partial charge in [-0.25, -0.2) is 18.7 Å². The Bertz CT molecular complexity index is 909. The first-order valence-corrected chi connectivity index (χ1v) is 9.71. The maximum Gasteiger partial charge on any atom is 0.256 e. The molecule has 0 bridgehead atoms. The molecule has 1 aliphatic carbocycles. The number of carbonyl (C=O) groups is 1. The van der Waals surface area contributed by atoms with Crippen molar-refractivity contribution in [1.82, 2.24) is 19.9 Å². The molecule has 1 saturated carbocycles. The molecule has 28 heavy (non-hydrogen) atoms. The van der Waals surface area contributed by atoms with Crippen LogP contribution in [0.1, 0.15) is 44.6 Å². The molecule has 0 aromatic carbocycles. The zero-order valence-electron chi connectivity index (χ0n) is 16.1. The van der Waals surface area contributed by atoms with Crippen molar-refractivity contribution in [2.75, 3.05) is 11.9 Å². The van der Waals surface area contributed by atoms with Crippen molar-refractivity contribution in [3.63, 3.8) is 0 Å². The number of nitrogens with zero attached hydrogens (tertiary/aromatic N) is 3. The van der Waals surface area contributed by atoms with E-state index in [9.17, 15) is 13.6 Å². The minimum absolute atomic E-state index is 0.0144. The lowest BCUT2D eigenvalue weighted by atomic mass is 9.90. The van der Waals surface area contributed by atoms with Gasteiger partial charge >= 0.3 is 0 Å². The highest BCUT2D eigenvalue weighted by atomic mass is 19.3. The van der Waals surface area contributed by atoms with Gasteiger partial charge in [-0.05, 0) is 30.4 Å². The summed E-state index contributed by atoms with van der Waals surface area (Å²) in [6.07, 6.45) is 5.97. The maximum atomic E-state index is 13.6. The standard InChI is InChI=1S/C20H25F2N5O/c1-4-16(28)27-9-12(5-6-15(27)11(2)3)26-19-17-13(14-7-20(14,21)22)8-23-18(17)24-10-25-19/h4,8,10-12,14-15H,1,5-7,9H2,2-3H3,(H2,23,24,25,26)/t12-,14+,15-/m1/s1. The fourth-order valence-corrected chi connectivity index (χ4v) is 4.29. The molecule has 3 atom stereocenters. The largest absolute Gasteiger partial charge is 0.365 e. The topological polar surface area (TPSA) is 73.9 Å². The number of alkyl halides is 2. The van der Waals surface area contributed by atoms with E-state index in [1.165, 1.54) is 12.4 Å². The third-order valence-electron chi connectivity index (χ3n) is 5.90. The van der Waals surface area contributed by atoms with Gasteiger partial charge in [0.15, 0.2) is 0 Å². The number of hydrogen-bond donors (Lipinski definition) is 2. The van der Waals surface area contributed by atoms with E-state index in [1.807, 2.05) is 4.90 Å². The smallest absolute Gasteiger partial charge is 0.256 e. The summed E-state index contributed by atoms with van der Waals surface area (Å²) >= 11 is 0. The highest BCUT2D eigenvalue weighted by Crippen LogP contribution is 2.57. The second-order valence-electron chi connectivity index (χ2n) is 8.13. The molecule has 0 unspecified atom stereocenters. The number of carbonyl (C=O) groups excluding carboxylic acids is 1. The van der Waals surface area contributed by atoms with Crippen molar-refractivity contribution >= 4 is 22.8 Å². The van der Waals surface area contributed by atoms with E-state index in [-0.39, 0.29) is 24.4 Å². The van der Waals surface area contributed by atoms with Crippen molar-refractivity contribution < 1.29 is 13.6 Å². The molecule has 2 N–H and O–H groups in total. The van der Waals surface area contributed by atoms with Crippen molar-refractivity contribution in [2.24, 2.45) is 5.92 Å². The van der Waals surface area contributed by atoms with E-state index in [0.717, 1.165) is 12.8 Å². The lowest BCUT2D eigenvalue weighted by Crippen LogP contribution is -2.52. The van der Waals surface area contributed by atoms with Crippen molar-refractivity contribution in [1.29, 1.82) is 0 Å². The van der Waals surface area contributed by atoms with E-state index in [2.05, 4.69) is 40.7 Å². The third kappa shape index (κ3) is 3.25. The van der Waals surface area contributed by atoms with Crippen LogP contribution in [0.5, 0.6) is 0 Å². The molecule has 4 rings (SSSR count). The molecule has 2 aromatic rings. The molecule has 1 saturated heterocycles. The minimum Gasteiger partial charge on any atom is -0.365 e. The Morgan fingerprint density at radius 2 is 2.18 bits per heavy atom. The zero-order chi connectivity index (χ0) is 20.1. The molecule has 0 radical (unpaired) electrons. The molecule has 2 aliphatic rings. The summed E-state index contributed by atoms with van der Waals surface area (Å²) in [5.41, 5.74) is 1.10. The molecule has 2 fully saturated rings. The number of likely N-dealkylation sites (tertiary alicyclic amines) is 1. The Balaban J connectivity index is 1.59.